The van der Waals surface area contributed by atoms with Crippen LogP contribution in [0.1, 0.15) is 175 Å². The summed E-state index contributed by atoms with van der Waals surface area (Å²) < 4.78 is 10.5. The van der Waals surface area contributed by atoms with Crippen LogP contribution in [0.25, 0.3) is 0 Å². The number of carbonyl (C=O) groups excluding carboxylic acids is 2. The van der Waals surface area contributed by atoms with Gasteiger partial charge < -0.3 is 19.7 Å². The molecule has 278 valence electrons. The Morgan fingerprint density at radius 2 is 0.979 bits per heavy atom. The lowest BCUT2D eigenvalue weighted by atomic mass is 10.0. The number of allylic oxidation sites excluding steroid dienone is 8. The SMILES string of the molecule is CC(C)CCCCCCCCCCCCCCCC(=O)OC[C@H](CO)OC(=O)CCC/C=C\C/C=C\C/C=C\C/C=C\CCC[C@H](C)O. The minimum absolute atomic E-state index is 0.0953. The molecular formula is C42H74O6. The summed E-state index contributed by atoms with van der Waals surface area (Å²) in [6.45, 7) is 5.99. The number of unbranched alkanes of at least 4 members (excludes halogenated alkanes) is 14. The van der Waals surface area contributed by atoms with Gasteiger partial charge in [0.2, 0.25) is 0 Å². The largest absolute Gasteiger partial charge is 0.462 e. The van der Waals surface area contributed by atoms with Crippen LogP contribution in [-0.4, -0.2) is 47.6 Å². The number of aliphatic hydroxyl groups is 2. The summed E-state index contributed by atoms with van der Waals surface area (Å²) in [4.78, 5) is 24.2. The average Bonchev–Trinajstić information content (AvgIpc) is 3.05. The highest BCUT2D eigenvalue weighted by Crippen LogP contribution is 2.15. The molecule has 6 nitrogen and oxygen atoms in total. The molecule has 0 aliphatic rings. The van der Waals surface area contributed by atoms with E-state index >= 15 is 0 Å². The number of ether oxygens (including phenoxy) is 2. The fraction of sp³-hybridized carbons (Fsp3) is 0.762. The molecule has 0 fully saturated rings. The minimum Gasteiger partial charge on any atom is -0.462 e. The highest BCUT2D eigenvalue weighted by molar-refractivity contribution is 5.70. The van der Waals surface area contributed by atoms with Gasteiger partial charge in [0.25, 0.3) is 0 Å². The lowest BCUT2D eigenvalue weighted by Gasteiger charge is -2.15. The summed E-state index contributed by atoms with van der Waals surface area (Å²) in [5, 5.41) is 18.8. The first kappa shape index (κ1) is 45.8. The van der Waals surface area contributed by atoms with Crippen molar-refractivity contribution in [2.45, 2.75) is 187 Å². The molecule has 0 rings (SSSR count). The van der Waals surface area contributed by atoms with Gasteiger partial charge in [-0.25, -0.2) is 0 Å². The first-order valence-corrected chi connectivity index (χ1v) is 19.6. The Morgan fingerprint density at radius 1 is 0.542 bits per heavy atom. The Balaban J connectivity index is 3.66. The molecule has 0 aromatic heterocycles. The van der Waals surface area contributed by atoms with Crippen molar-refractivity contribution in [1.29, 1.82) is 0 Å². The summed E-state index contributed by atoms with van der Waals surface area (Å²) >= 11 is 0. The Labute approximate surface area is 295 Å². The summed E-state index contributed by atoms with van der Waals surface area (Å²) in [5.41, 5.74) is 0. The third kappa shape index (κ3) is 36.7. The fourth-order valence-corrected chi connectivity index (χ4v) is 5.34. The van der Waals surface area contributed by atoms with E-state index in [-0.39, 0.29) is 37.7 Å². The molecule has 0 spiro atoms. The van der Waals surface area contributed by atoms with E-state index in [0.29, 0.717) is 12.8 Å². The maximum Gasteiger partial charge on any atom is 0.306 e. The van der Waals surface area contributed by atoms with Gasteiger partial charge in [-0.1, -0.05) is 146 Å². The van der Waals surface area contributed by atoms with Gasteiger partial charge in [0.15, 0.2) is 6.10 Å². The molecule has 0 bridgehead atoms. The van der Waals surface area contributed by atoms with Crippen LogP contribution in [0.15, 0.2) is 48.6 Å². The van der Waals surface area contributed by atoms with Crippen molar-refractivity contribution < 1.29 is 29.3 Å². The summed E-state index contributed by atoms with van der Waals surface area (Å²) in [7, 11) is 0. The third-order valence-corrected chi connectivity index (χ3v) is 8.32. The van der Waals surface area contributed by atoms with Gasteiger partial charge in [0.1, 0.15) is 6.61 Å². The predicted octanol–water partition coefficient (Wildman–Crippen LogP) is 11.1. The zero-order valence-corrected chi connectivity index (χ0v) is 31.3. The molecule has 6 heteroatoms. The van der Waals surface area contributed by atoms with Crippen molar-refractivity contribution in [3.8, 4) is 0 Å². The zero-order chi connectivity index (χ0) is 35.3. The van der Waals surface area contributed by atoms with E-state index in [1.165, 1.54) is 70.6 Å². The number of rotatable bonds is 34. The van der Waals surface area contributed by atoms with E-state index in [4.69, 9.17) is 9.47 Å². The Kier molecular flexibility index (Phi) is 34.5. The molecule has 0 radical (unpaired) electrons. The van der Waals surface area contributed by atoms with Gasteiger partial charge in [-0.15, -0.1) is 0 Å². The molecule has 2 atom stereocenters. The van der Waals surface area contributed by atoms with Crippen LogP contribution in [0.4, 0.5) is 0 Å². The standard InChI is InChI=1S/C42H74O6/c1-38(2)32-28-24-20-16-12-8-7-11-14-18-22-26-30-34-41(45)47-37-40(36-43)48-42(46)35-31-27-23-19-15-10-6-4-5-9-13-17-21-25-29-33-39(3)44/h5-6,9-10,17,19,21,23,38-40,43-44H,4,7-8,11-16,18,20,22,24-37H2,1-3H3/b9-5-,10-6-,21-17-,23-19-/t39-,40-/m0/s1. The van der Waals surface area contributed by atoms with E-state index in [1.807, 2.05) is 6.92 Å². The molecular weight excluding hydrogens is 600 g/mol. The Bertz CT molecular complexity index is 841. The topological polar surface area (TPSA) is 93.1 Å². The van der Waals surface area contributed by atoms with Crippen molar-refractivity contribution >= 4 is 11.9 Å². The second-order valence-corrected chi connectivity index (χ2v) is 13.8. The first-order chi connectivity index (χ1) is 23.3. The summed E-state index contributed by atoms with van der Waals surface area (Å²) in [6, 6.07) is 0. The van der Waals surface area contributed by atoms with Gasteiger partial charge in [0, 0.05) is 12.8 Å². The van der Waals surface area contributed by atoms with Gasteiger partial charge in [0.05, 0.1) is 12.7 Å². The maximum absolute atomic E-state index is 12.1. The number of aliphatic hydroxyl groups excluding tert-OH is 2. The van der Waals surface area contributed by atoms with Crippen LogP contribution in [-0.2, 0) is 19.1 Å². The molecule has 0 saturated heterocycles. The van der Waals surface area contributed by atoms with E-state index in [2.05, 4.69) is 62.5 Å². The minimum atomic E-state index is -0.808. The molecule has 0 unspecified atom stereocenters. The van der Waals surface area contributed by atoms with Gasteiger partial charge in [-0.2, -0.15) is 0 Å². The molecule has 0 aromatic rings. The molecule has 0 aromatic carbocycles. The number of hydrogen-bond acceptors (Lipinski definition) is 6. The number of esters is 2. The van der Waals surface area contributed by atoms with E-state index in [0.717, 1.165) is 70.1 Å². The molecule has 2 N–H and O–H groups in total. The fourth-order valence-electron chi connectivity index (χ4n) is 5.34. The monoisotopic (exact) mass is 675 g/mol. The molecule has 0 aliphatic heterocycles. The quantitative estimate of drug-likeness (QED) is 0.0401. The van der Waals surface area contributed by atoms with Gasteiger partial charge in [-0.3, -0.25) is 9.59 Å². The van der Waals surface area contributed by atoms with Crippen LogP contribution >= 0.6 is 0 Å². The van der Waals surface area contributed by atoms with Crippen molar-refractivity contribution in [3.05, 3.63) is 48.6 Å². The summed E-state index contributed by atoms with van der Waals surface area (Å²) in [6.07, 6.45) is 41.6. The van der Waals surface area contributed by atoms with Crippen molar-refractivity contribution in [1.82, 2.24) is 0 Å². The van der Waals surface area contributed by atoms with Crippen LogP contribution in [0.5, 0.6) is 0 Å². The smallest absolute Gasteiger partial charge is 0.306 e. The average molecular weight is 675 g/mol. The Morgan fingerprint density at radius 3 is 1.46 bits per heavy atom. The zero-order valence-electron chi connectivity index (χ0n) is 31.3. The molecule has 0 heterocycles. The van der Waals surface area contributed by atoms with Crippen LogP contribution in [0, 0.1) is 5.92 Å². The maximum atomic E-state index is 12.1. The molecule has 48 heavy (non-hydrogen) atoms. The lowest BCUT2D eigenvalue weighted by molar-refractivity contribution is -0.161. The highest BCUT2D eigenvalue weighted by atomic mass is 16.6. The molecule has 0 amide bonds. The molecule has 0 saturated carbocycles. The van der Waals surface area contributed by atoms with Gasteiger partial charge >= 0.3 is 11.9 Å². The van der Waals surface area contributed by atoms with Crippen LogP contribution in [0.2, 0.25) is 0 Å². The van der Waals surface area contributed by atoms with E-state index in [9.17, 15) is 19.8 Å². The van der Waals surface area contributed by atoms with Gasteiger partial charge in [-0.05, 0) is 70.6 Å². The van der Waals surface area contributed by atoms with Crippen LogP contribution in [0.3, 0.4) is 0 Å². The van der Waals surface area contributed by atoms with Crippen molar-refractivity contribution in [2.75, 3.05) is 13.2 Å². The summed E-state index contributed by atoms with van der Waals surface area (Å²) in [5.74, 6) is 0.168. The van der Waals surface area contributed by atoms with Crippen LogP contribution < -0.4 is 0 Å². The number of carbonyl (C=O) groups is 2. The molecule has 0 aliphatic carbocycles. The second-order valence-electron chi connectivity index (χ2n) is 13.8. The van der Waals surface area contributed by atoms with Crippen molar-refractivity contribution in [2.24, 2.45) is 5.92 Å². The highest BCUT2D eigenvalue weighted by Gasteiger charge is 2.16. The normalized spacial score (nSPS) is 13.5. The van der Waals surface area contributed by atoms with Crippen molar-refractivity contribution in [3.63, 3.8) is 0 Å². The Hall–Kier alpha value is -2.18. The predicted molar refractivity (Wildman–Crippen MR) is 202 cm³/mol. The van der Waals surface area contributed by atoms with E-state index < -0.39 is 6.10 Å². The third-order valence-electron chi connectivity index (χ3n) is 8.32. The van der Waals surface area contributed by atoms with E-state index in [1.54, 1.807) is 0 Å². The second kappa shape index (κ2) is 36.1. The number of hydrogen-bond donors (Lipinski definition) is 2. The lowest BCUT2D eigenvalue weighted by Crippen LogP contribution is -2.28. The first-order valence-electron chi connectivity index (χ1n) is 19.6.